The third kappa shape index (κ3) is 4.86. The molecule has 2 rings (SSSR count). The van der Waals surface area contributed by atoms with Gasteiger partial charge in [-0.05, 0) is 12.1 Å². The summed E-state index contributed by atoms with van der Waals surface area (Å²) in [6, 6.07) is 4.18. The number of nitrogens with one attached hydrogen (secondary N) is 1. The van der Waals surface area contributed by atoms with Gasteiger partial charge in [-0.3, -0.25) is 4.72 Å². The van der Waals surface area contributed by atoms with E-state index in [4.69, 9.17) is 37.8 Å². The molecular formula is C14H15Cl2N3O6S. The molecule has 1 aromatic heterocycles. The van der Waals surface area contributed by atoms with Crippen LogP contribution in [-0.2, 0) is 10.0 Å². The maximum Gasteiger partial charge on any atom is 0.264 e. The minimum atomic E-state index is -4.10. The molecule has 0 aliphatic heterocycles. The van der Waals surface area contributed by atoms with Crippen LogP contribution in [0.15, 0.2) is 29.3 Å². The molecule has 1 atom stereocenters. The van der Waals surface area contributed by atoms with Gasteiger partial charge in [0.25, 0.3) is 15.9 Å². The van der Waals surface area contributed by atoms with Crippen molar-refractivity contribution in [3.8, 4) is 11.8 Å². The van der Waals surface area contributed by atoms with Gasteiger partial charge in [0, 0.05) is 0 Å². The molecule has 3 N–H and O–H groups in total. The van der Waals surface area contributed by atoms with Crippen LogP contribution in [0.3, 0.4) is 0 Å². The Hall–Kier alpha value is -1.85. The lowest BCUT2D eigenvalue weighted by Gasteiger charge is -2.13. The monoisotopic (exact) mass is 423 g/mol. The van der Waals surface area contributed by atoms with E-state index >= 15 is 0 Å². The highest BCUT2D eigenvalue weighted by atomic mass is 35.5. The van der Waals surface area contributed by atoms with E-state index in [9.17, 15) is 13.5 Å². The second-order valence-electron chi connectivity index (χ2n) is 4.87. The number of methoxy groups -OCH3 is 1. The Morgan fingerprint density at radius 1 is 1.35 bits per heavy atom. The Bertz CT molecular complexity index is 881. The van der Waals surface area contributed by atoms with Crippen molar-refractivity contribution < 1.29 is 28.1 Å². The van der Waals surface area contributed by atoms with Gasteiger partial charge in [-0.15, -0.1) is 0 Å². The van der Waals surface area contributed by atoms with Crippen LogP contribution in [0.5, 0.6) is 11.8 Å². The Morgan fingerprint density at radius 3 is 2.73 bits per heavy atom. The minimum Gasteiger partial charge on any atom is -0.478 e. The number of aliphatic hydroxyl groups is 2. The van der Waals surface area contributed by atoms with E-state index in [1.165, 1.54) is 25.3 Å². The third-order valence-electron chi connectivity index (χ3n) is 2.98. The van der Waals surface area contributed by atoms with Crippen LogP contribution in [-0.4, -0.2) is 55.0 Å². The number of benzene rings is 1. The second-order valence-corrected chi connectivity index (χ2v) is 7.31. The van der Waals surface area contributed by atoms with Gasteiger partial charge in [0.1, 0.15) is 17.6 Å². The first-order valence-corrected chi connectivity index (χ1v) is 9.32. The summed E-state index contributed by atoms with van der Waals surface area (Å²) in [5.41, 5.74) is 0. The Kier molecular flexibility index (Phi) is 6.84. The normalized spacial score (nSPS) is 12.5. The molecule has 0 saturated heterocycles. The molecule has 142 valence electrons. The van der Waals surface area contributed by atoms with E-state index < -0.39 is 22.7 Å². The number of nitrogens with zero attached hydrogens (tertiary/aromatic N) is 2. The number of hydrogen-bond donors (Lipinski definition) is 3. The summed E-state index contributed by atoms with van der Waals surface area (Å²) in [4.78, 5) is 7.59. The molecule has 1 heterocycles. The molecule has 2 aromatic rings. The Balaban J connectivity index is 2.27. The van der Waals surface area contributed by atoms with Gasteiger partial charge in [0.2, 0.25) is 11.7 Å². The van der Waals surface area contributed by atoms with Crippen LogP contribution >= 0.6 is 23.2 Å². The summed E-state index contributed by atoms with van der Waals surface area (Å²) in [7, 11) is -2.84. The van der Waals surface area contributed by atoms with Gasteiger partial charge in [0.05, 0.1) is 30.0 Å². The van der Waals surface area contributed by atoms with Crippen LogP contribution in [0.25, 0.3) is 0 Å². The zero-order chi connectivity index (χ0) is 19.3. The Morgan fingerprint density at radius 2 is 2.08 bits per heavy atom. The number of hydrogen-bond acceptors (Lipinski definition) is 8. The van der Waals surface area contributed by atoms with Crippen LogP contribution in [0, 0.1) is 0 Å². The van der Waals surface area contributed by atoms with E-state index in [0.717, 1.165) is 6.20 Å². The molecule has 0 aliphatic rings. The topological polar surface area (TPSA) is 131 Å². The predicted molar refractivity (Wildman–Crippen MR) is 94.4 cm³/mol. The Labute approximate surface area is 159 Å². The molecule has 0 amide bonds. The van der Waals surface area contributed by atoms with Crippen LogP contribution in [0.1, 0.15) is 0 Å². The lowest BCUT2D eigenvalue weighted by molar-refractivity contribution is 0.0518. The van der Waals surface area contributed by atoms with E-state index in [-0.39, 0.29) is 39.1 Å². The first-order valence-electron chi connectivity index (χ1n) is 7.08. The molecule has 12 heteroatoms. The summed E-state index contributed by atoms with van der Waals surface area (Å²) in [6.07, 6.45) is 0.0373. The molecular weight excluding hydrogens is 409 g/mol. The maximum atomic E-state index is 12.5. The third-order valence-corrected chi connectivity index (χ3v) is 5.30. The predicted octanol–water partition coefficient (Wildman–Crippen LogP) is 1.32. The van der Waals surface area contributed by atoms with Crippen LogP contribution < -0.4 is 14.2 Å². The van der Waals surface area contributed by atoms with Gasteiger partial charge in [0.15, 0.2) is 0 Å². The molecule has 0 fully saturated rings. The smallest absolute Gasteiger partial charge is 0.264 e. The minimum absolute atomic E-state index is 0.0296. The highest BCUT2D eigenvalue weighted by Gasteiger charge is 2.23. The fraction of sp³-hybridized carbons (Fsp3) is 0.286. The van der Waals surface area contributed by atoms with Gasteiger partial charge >= 0.3 is 0 Å². The van der Waals surface area contributed by atoms with Crippen molar-refractivity contribution in [2.75, 3.05) is 25.0 Å². The summed E-state index contributed by atoms with van der Waals surface area (Å²) >= 11 is 11.8. The molecule has 0 unspecified atom stereocenters. The number of rotatable bonds is 8. The fourth-order valence-corrected chi connectivity index (χ4v) is 3.52. The zero-order valence-corrected chi connectivity index (χ0v) is 15.7. The highest BCUT2D eigenvalue weighted by Crippen LogP contribution is 2.31. The van der Waals surface area contributed by atoms with Crippen molar-refractivity contribution in [3.05, 3.63) is 34.4 Å². The molecule has 0 radical (unpaired) electrons. The molecule has 0 aliphatic carbocycles. The summed E-state index contributed by atoms with van der Waals surface area (Å²) in [6.45, 7) is -0.708. The number of halogens is 2. The average molecular weight is 424 g/mol. The largest absolute Gasteiger partial charge is 0.478 e. The van der Waals surface area contributed by atoms with E-state index in [1.54, 1.807) is 0 Å². The number of aliphatic hydroxyl groups excluding tert-OH is 2. The number of aromatic nitrogens is 2. The maximum absolute atomic E-state index is 12.5. The second kappa shape index (κ2) is 8.69. The quantitative estimate of drug-likeness (QED) is 0.579. The molecule has 26 heavy (non-hydrogen) atoms. The SMILES string of the molecule is COc1nc(OC[C@@H](O)CO)cnc1NS(=O)(=O)c1cccc(Cl)c1Cl. The summed E-state index contributed by atoms with van der Waals surface area (Å²) in [5, 5.41) is 18.0. The molecule has 1 aromatic carbocycles. The van der Waals surface area contributed by atoms with Crippen molar-refractivity contribution >= 4 is 39.0 Å². The molecule has 0 spiro atoms. The average Bonchev–Trinajstić information content (AvgIpc) is 2.62. The van der Waals surface area contributed by atoms with Crippen molar-refractivity contribution in [1.82, 2.24) is 9.97 Å². The fourth-order valence-electron chi connectivity index (χ4n) is 1.75. The van der Waals surface area contributed by atoms with Crippen molar-refractivity contribution in [2.24, 2.45) is 0 Å². The number of ether oxygens (including phenoxy) is 2. The molecule has 9 nitrogen and oxygen atoms in total. The zero-order valence-electron chi connectivity index (χ0n) is 13.4. The highest BCUT2D eigenvalue weighted by molar-refractivity contribution is 7.92. The van der Waals surface area contributed by atoms with E-state index in [2.05, 4.69) is 14.7 Å². The number of anilines is 1. The lowest BCUT2D eigenvalue weighted by atomic mass is 10.4. The van der Waals surface area contributed by atoms with Crippen LogP contribution in [0.4, 0.5) is 5.82 Å². The summed E-state index contributed by atoms with van der Waals surface area (Å²) < 4.78 is 37.4. The van der Waals surface area contributed by atoms with Gasteiger partial charge in [-0.2, -0.15) is 4.98 Å². The van der Waals surface area contributed by atoms with E-state index in [1.807, 2.05) is 0 Å². The van der Waals surface area contributed by atoms with Gasteiger partial charge < -0.3 is 19.7 Å². The van der Waals surface area contributed by atoms with Crippen molar-refractivity contribution in [3.63, 3.8) is 0 Å². The molecule has 0 bridgehead atoms. The first-order chi connectivity index (χ1) is 12.3. The first kappa shape index (κ1) is 20.5. The van der Waals surface area contributed by atoms with Crippen LogP contribution in [0.2, 0.25) is 10.0 Å². The van der Waals surface area contributed by atoms with Gasteiger partial charge in [-0.25, -0.2) is 13.4 Å². The standard InChI is InChI=1S/C14H15Cl2N3O6S/c1-24-14-13(17-5-11(18-14)25-7-8(21)6-20)19-26(22,23)10-4-2-3-9(15)12(10)16/h2-5,8,20-21H,6-7H2,1H3,(H,17,19)/t8-/m0/s1. The lowest BCUT2D eigenvalue weighted by Crippen LogP contribution is -2.22. The summed E-state index contributed by atoms with van der Waals surface area (Å²) in [5.74, 6) is -0.389. The van der Waals surface area contributed by atoms with Crippen molar-refractivity contribution in [1.29, 1.82) is 0 Å². The van der Waals surface area contributed by atoms with E-state index in [0.29, 0.717) is 0 Å². The van der Waals surface area contributed by atoms with Crippen molar-refractivity contribution in [2.45, 2.75) is 11.0 Å². The van der Waals surface area contributed by atoms with Gasteiger partial charge in [-0.1, -0.05) is 29.3 Å². The molecule has 0 saturated carbocycles. The number of sulfonamides is 1.